The highest BCUT2D eigenvalue weighted by atomic mass is 32.2. The number of H-pyrrole nitrogens is 1. The number of nitrogens with zero attached hydrogens (tertiary/aromatic N) is 1. The molecule has 1 heterocycles. The van der Waals surface area contributed by atoms with Gasteiger partial charge in [0.2, 0.25) is 10.0 Å². The van der Waals surface area contributed by atoms with Gasteiger partial charge in [-0.05, 0) is 50.0 Å². The number of hydrogen-bond donors (Lipinski definition) is 2. The first kappa shape index (κ1) is 21.8. The van der Waals surface area contributed by atoms with Crippen LogP contribution in [0.1, 0.15) is 95.0 Å². The fourth-order valence-corrected chi connectivity index (χ4v) is 7.12. The van der Waals surface area contributed by atoms with E-state index in [9.17, 15) is 8.42 Å². The molecule has 2 aromatic rings. The first-order valence-corrected chi connectivity index (χ1v) is 13.2. The minimum atomic E-state index is -3.30. The van der Waals surface area contributed by atoms with Crippen LogP contribution in [0.5, 0.6) is 0 Å². The van der Waals surface area contributed by atoms with Crippen LogP contribution in [0.15, 0.2) is 18.3 Å². The van der Waals surface area contributed by atoms with Crippen LogP contribution in [0.3, 0.4) is 0 Å². The molecule has 2 aliphatic carbocycles. The predicted molar refractivity (Wildman–Crippen MR) is 118 cm³/mol. The molecule has 0 aliphatic heterocycles. The molecule has 2 saturated carbocycles. The molecule has 0 amide bonds. The Morgan fingerprint density at radius 3 is 2.40 bits per heavy atom. The molecule has 2 aliphatic rings. The van der Waals surface area contributed by atoms with Crippen molar-refractivity contribution in [2.24, 2.45) is 0 Å². The molecular weight excluding hydrogens is 401 g/mol. The van der Waals surface area contributed by atoms with Crippen molar-refractivity contribution in [3.05, 3.63) is 29.7 Å². The summed E-state index contributed by atoms with van der Waals surface area (Å²) in [5.41, 5.74) is 1.20. The number of rotatable bonds is 4. The monoisotopic (exact) mass is 435 g/mol. The van der Waals surface area contributed by atoms with Crippen LogP contribution in [-0.4, -0.2) is 29.9 Å². The molecule has 2 unspecified atom stereocenters. The van der Waals surface area contributed by atoms with Crippen LogP contribution >= 0.6 is 0 Å². The summed E-state index contributed by atoms with van der Waals surface area (Å²) in [6, 6.07) is 3.76. The lowest BCUT2D eigenvalue weighted by Gasteiger charge is -2.28. The third-order valence-corrected chi connectivity index (χ3v) is 9.08. The second-order valence-corrected chi connectivity index (χ2v) is 11.2. The van der Waals surface area contributed by atoms with Crippen LogP contribution in [0.25, 0.3) is 10.9 Å². The number of halogens is 1. The molecule has 0 bridgehead atoms. The smallest absolute Gasteiger partial charge is 0.214 e. The number of nitrogens with one attached hydrogen (secondary N) is 2. The van der Waals surface area contributed by atoms with E-state index >= 15 is 4.39 Å². The molecule has 1 aromatic heterocycles. The Labute approximate surface area is 179 Å². The summed E-state index contributed by atoms with van der Waals surface area (Å²) in [5.74, 6) is -0.0892. The number of hydrogen-bond acceptors (Lipinski definition) is 3. The summed E-state index contributed by atoms with van der Waals surface area (Å²) in [4.78, 5) is 0. The van der Waals surface area contributed by atoms with E-state index in [1.807, 2.05) is 12.1 Å². The molecule has 0 saturated heterocycles. The van der Waals surface area contributed by atoms with Gasteiger partial charge in [0, 0.05) is 11.4 Å². The van der Waals surface area contributed by atoms with E-state index < -0.39 is 10.0 Å². The summed E-state index contributed by atoms with van der Waals surface area (Å²) in [7, 11) is -3.30. The Morgan fingerprint density at radius 2 is 1.60 bits per heavy atom. The van der Waals surface area contributed by atoms with E-state index in [4.69, 9.17) is 0 Å². The first-order chi connectivity index (χ1) is 14.5. The van der Waals surface area contributed by atoms with Crippen LogP contribution in [0.2, 0.25) is 0 Å². The van der Waals surface area contributed by atoms with Gasteiger partial charge < -0.3 is 0 Å². The van der Waals surface area contributed by atoms with E-state index in [-0.39, 0.29) is 23.0 Å². The van der Waals surface area contributed by atoms with E-state index in [1.54, 1.807) is 6.20 Å². The quantitative estimate of drug-likeness (QED) is 0.662. The van der Waals surface area contributed by atoms with Crippen LogP contribution < -0.4 is 4.72 Å². The van der Waals surface area contributed by atoms with E-state index in [2.05, 4.69) is 14.9 Å². The van der Waals surface area contributed by atoms with Crippen LogP contribution in [0, 0.1) is 5.82 Å². The molecule has 2 fully saturated rings. The number of benzene rings is 1. The standard InChI is InChI=1S/C23H34FN3O2S/c24-22-21(15-13-18-16-25-26-23(18)22)17-8-6-7-9-19(14-12-17)27-30(28,29)20-10-4-2-1-3-5-11-20/h13,15-17,19-20,27H,1-12,14H2,(H,25,26). The normalized spacial score (nSPS) is 25.4. The highest BCUT2D eigenvalue weighted by Crippen LogP contribution is 2.35. The molecule has 0 radical (unpaired) electrons. The molecule has 0 spiro atoms. The Hall–Kier alpha value is -1.47. The predicted octanol–water partition coefficient (Wildman–Crippen LogP) is 5.54. The first-order valence-electron chi connectivity index (χ1n) is 11.7. The lowest BCUT2D eigenvalue weighted by molar-refractivity contribution is 0.388. The lowest BCUT2D eigenvalue weighted by Crippen LogP contribution is -2.41. The van der Waals surface area contributed by atoms with Crippen molar-refractivity contribution in [3.63, 3.8) is 0 Å². The number of aromatic nitrogens is 2. The Bertz CT molecular complexity index is 935. The maximum Gasteiger partial charge on any atom is 0.214 e. The van der Waals surface area contributed by atoms with Gasteiger partial charge >= 0.3 is 0 Å². The van der Waals surface area contributed by atoms with Gasteiger partial charge in [0.15, 0.2) is 5.82 Å². The SMILES string of the molecule is O=S(=O)(NC1CCCCC(c2ccc3cn[nH]c3c2F)CC1)C1CCCCCCC1. The number of aromatic amines is 1. The van der Waals surface area contributed by atoms with Gasteiger partial charge in [0.1, 0.15) is 5.52 Å². The molecule has 1 aromatic carbocycles. The van der Waals surface area contributed by atoms with E-state index in [1.165, 1.54) is 6.42 Å². The lowest BCUT2D eigenvalue weighted by atomic mass is 9.84. The summed E-state index contributed by atoms with van der Waals surface area (Å²) in [5, 5.41) is 7.25. The molecule has 2 N–H and O–H groups in total. The van der Waals surface area contributed by atoms with Crippen molar-refractivity contribution in [3.8, 4) is 0 Å². The fraction of sp³-hybridized carbons (Fsp3) is 0.696. The molecule has 5 nitrogen and oxygen atoms in total. The Balaban J connectivity index is 1.43. The zero-order chi connectivity index (χ0) is 21.0. The topological polar surface area (TPSA) is 74.8 Å². The minimum Gasteiger partial charge on any atom is -0.275 e. The molecule has 30 heavy (non-hydrogen) atoms. The van der Waals surface area contributed by atoms with Crippen LogP contribution in [0.4, 0.5) is 4.39 Å². The molecule has 166 valence electrons. The molecular formula is C23H34FN3O2S. The van der Waals surface area contributed by atoms with Gasteiger partial charge in [0.05, 0.1) is 11.4 Å². The third-order valence-electron chi connectivity index (χ3n) is 7.06. The largest absolute Gasteiger partial charge is 0.275 e. The summed E-state index contributed by atoms with van der Waals surface area (Å²) >= 11 is 0. The summed E-state index contributed by atoms with van der Waals surface area (Å²) in [6.45, 7) is 0. The maximum absolute atomic E-state index is 15.0. The zero-order valence-electron chi connectivity index (χ0n) is 17.7. The second-order valence-electron chi connectivity index (χ2n) is 9.19. The maximum atomic E-state index is 15.0. The Kier molecular flexibility index (Phi) is 7.08. The highest BCUT2D eigenvalue weighted by molar-refractivity contribution is 7.90. The van der Waals surface area contributed by atoms with Crippen molar-refractivity contribution in [1.29, 1.82) is 0 Å². The minimum absolute atomic E-state index is 0.0396. The molecule has 4 rings (SSSR count). The van der Waals surface area contributed by atoms with E-state index in [0.29, 0.717) is 5.52 Å². The van der Waals surface area contributed by atoms with Gasteiger partial charge in [-0.3, -0.25) is 5.10 Å². The zero-order valence-corrected chi connectivity index (χ0v) is 18.5. The van der Waals surface area contributed by atoms with Crippen molar-refractivity contribution < 1.29 is 12.8 Å². The van der Waals surface area contributed by atoms with Crippen molar-refractivity contribution in [2.75, 3.05) is 0 Å². The number of fused-ring (bicyclic) bond motifs is 1. The average molecular weight is 436 g/mol. The van der Waals surface area contributed by atoms with Gasteiger partial charge in [0.25, 0.3) is 0 Å². The van der Waals surface area contributed by atoms with Crippen molar-refractivity contribution >= 4 is 20.9 Å². The summed E-state index contributed by atoms with van der Waals surface area (Å²) in [6.07, 6.45) is 14.1. The van der Waals surface area contributed by atoms with Gasteiger partial charge in [-0.1, -0.05) is 57.1 Å². The van der Waals surface area contributed by atoms with Crippen molar-refractivity contribution in [1.82, 2.24) is 14.9 Å². The molecule has 2 atom stereocenters. The second kappa shape index (κ2) is 9.77. The van der Waals surface area contributed by atoms with Gasteiger partial charge in [-0.15, -0.1) is 0 Å². The Morgan fingerprint density at radius 1 is 0.900 bits per heavy atom. The average Bonchev–Trinajstić information content (AvgIpc) is 3.14. The van der Waals surface area contributed by atoms with E-state index in [0.717, 1.165) is 88.0 Å². The van der Waals surface area contributed by atoms with Crippen molar-refractivity contribution in [2.45, 2.75) is 101 Å². The molecule has 7 heteroatoms. The third kappa shape index (κ3) is 5.05. The number of sulfonamides is 1. The highest BCUT2D eigenvalue weighted by Gasteiger charge is 2.29. The fourth-order valence-electron chi connectivity index (χ4n) is 5.27. The van der Waals surface area contributed by atoms with Gasteiger partial charge in [-0.25, -0.2) is 17.5 Å². The van der Waals surface area contributed by atoms with Gasteiger partial charge in [-0.2, -0.15) is 5.10 Å². The summed E-state index contributed by atoms with van der Waals surface area (Å²) < 4.78 is 44.2. The van der Waals surface area contributed by atoms with Crippen LogP contribution in [-0.2, 0) is 10.0 Å².